The lowest BCUT2D eigenvalue weighted by molar-refractivity contribution is -0.141. The minimum Gasteiger partial charge on any atom is -0.480 e. The second-order valence-electron chi connectivity index (χ2n) is 3.67. The van der Waals surface area contributed by atoms with Crippen LogP contribution < -0.4 is 5.73 Å². The van der Waals surface area contributed by atoms with E-state index in [1.807, 2.05) is 26.0 Å². The van der Waals surface area contributed by atoms with E-state index < -0.39 is 18.1 Å². The molecule has 2 atom stereocenters. The van der Waals surface area contributed by atoms with Crippen LogP contribution >= 0.6 is 0 Å². The summed E-state index contributed by atoms with van der Waals surface area (Å²) in [6, 6.07) is 4.12. The number of carbonyl (C=O) groups is 1. The van der Waals surface area contributed by atoms with Crippen molar-refractivity contribution in [2.24, 2.45) is 5.73 Å². The van der Waals surface area contributed by atoms with Gasteiger partial charge in [-0.3, -0.25) is 4.79 Å². The number of hydrogen-bond donors (Lipinski definition) is 3. The Balaban J connectivity index is 3.01. The number of carboxylic acid groups (broad SMARTS) is 1. The Kier molecular flexibility index (Phi) is 3.44. The number of carboxylic acids is 1. The predicted octanol–water partition coefficient (Wildman–Crippen LogP) is 0.749. The zero-order chi connectivity index (χ0) is 11.6. The number of hydrogen-bond acceptors (Lipinski definition) is 3. The molecule has 0 saturated carbocycles. The van der Waals surface area contributed by atoms with Gasteiger partial charge in [-0.25, -0.2) is 0 Å². The van der Waals surface area contributed by atoms with Gasteiger partial charge in [0.05, 0.1) is 0 Å². The largest absolute Gasteiger partial charge is 0.480 e. The molecule has 0 radical (unpaired) electrons. The van der Waals surface area contributed by atoms with Gasteiger partial charge in [0.25, 0.3) is 0 Å². The summed E-state index contributed by atoms with van der Waals surface area (Å²) in [6.45, 7) is 3.75. The number of aliphatic hydroxyl groups excluding tert-OH is 1. The van der Waals surface area contributed by atoms with Gasteiger partial charge < -0.3 is 15.9 Å². The highest BCUT2D eigenvalue weighted by atomic mass is 16.4. The minimum atomic E-state index is -1.29. The zero-order valence-corrected chi connectivity index (χ0v) is 8.77. The predicted molar refractivity (Wildman–Crippen MR) is 56.5 cm³/mol. The third-order valence-electron chi connectivity index (χ3n) is 2.37. The normalized spacial score (nSPS) is 14.7. The number of rotatable bonds is 3. The fourth-order valence-corrected chi connectivity index (χ4v) is 1.49. The van der Waals surface area contributed by atoms with Crippen LogP contribution in [0.4, 0.5) is 0 Å². The third kappa shape index (κ3) is 2.55. The highest BCUT2D eigenvalue weighted by Gasteiger charge is 2.24. The van der Waals surface area contributed by atoms with Crippen LogP contribution in [0.3, 0.4) is 0 Å². The van der Waals surface area contributed by atoms with Gasteiger partial charge >= 0.3 is 5.97 Å². The van der Waals surface area contributed by atoms with E-state index in [0.29, 0.717) is 5.56 Å². The van der Waals surface area contributed by atoms with Gasteiger partial charge in [-0.05, 0) is 25.0 Å². The molecule has 1 aromatic carbocycles. The Hall–Kier alpha value is -1.39. The summed E-state index contributed by atoms with van der Waals surface area (Å²) < 4.78 is 0. The van der Waals surface area contributed by atoms with Crippen molar-refractivity contribution in [1.29, 1.82) is 0 Å². The summed E-state index contributed by atoms with van der Waals surface area (Å²) in [5.74, 6) is -1.21. The number of benzene rings is 1. The lowest BCUT2D eigenvalue weighted by Gasteiger charge is -2.17. The molecule has 0 heterocycles. The maximum atomic E-state index is 10.6. The lowest BCUT2D eigenvalue weighted by atomic mass is 9.97. The summed E-state index contributed by atoms with van der Waals surface area (Å²) in [4.78, 5) is 10.6. The van der Waals surface area contributed by atoms with Crippen LogP contribution in [0, 0.1) is 13.8 Å². The molecule has 0 aromatic heterocycles. The third-order valence-corrected chi connectivity index (χ3v) is 2.37. The summed E-state index contributed by atoms with van der Waals surface area (Å²) in [6.07, 6.45) is -1.16. The van der Waals surface area contributed by atoms with Crippen LogP contribution in [0.1, 0.15) is 22.8 Å². The molecule has 2 unspecified atom stereocenters. The van der Waals surface area contributed by atoms with Gasteiger partial charge in [-0.1, -0.05) is 23.8 Å². The van der Waals surface area contributed by atoms with Crippen molar-refractivity contribution >= 4 is 5.97 Å². The van der Waals surface area contributed by atoms with E-state index in [-0.39, 0.29) is 0 Å². The molecule has 0 spiro atoms. The van der Waals surface area contributed by atoms with E-state index >= 15 is 0 Å². The van der Waals surface area contributed by atoms with E-state index in [1.54, 1.807) is 6.07 Å². The monoisotopic (exact) mass is 209 g/mol. The second kappa shape index (κ2) is 4.42. The van der Waals surface area contributed by atoms with E-state index in [9.17, 15) is 9.90 Å². The van der Waals surface area contributed by atoms with Gasteiger partial charge in [-0.15, -0.1) is 0 Å². The van der Waals surface area contributed by atoms with E-state index in [2.05, 4.69) is 0 Å². The maximum Gasteiger partial charge on any atom is 0.323 e. The van der Waals surface area contributed by atoms with Gasteiger partial charge in [-0.2, -0.15) is 0 Å². The van der Waals surface area contributed by atoms with Crippen molar-refractivity contribution in [3.8, 4) is 0 Å². The molecule has 0 aliphatic carbocycles. The number of aryl methyl sites for hydroxylation is 2. The molecule has 0 bridgehead atoms. The molecular formula is C11H15NO3. The molecule has 0 aliphatic rings. The smallest absolute Gasteiger partial charge is 0.323 e. The number of nitrogens with two attached hydrogens (primary N) is 1. The van der Waals surface area contributed by atoms with E-state index in [4.69, 9.17) is 10.8 Å². The van der Waals surface area contributed by atoms with E-state index in [1.165, 1.54) is 0 Å². The summed E-state index contributed by atoms with van der Waals surface area (Å²) in [7, 11) is 0. The minimum absolute atomic E-state index is 0.565. The quantitative estimate of drug-likeness (QED) is 0.686. The first kappa shape index (κ1) is 11.7. The summed E-state index contributed by atoms with van der Waals surface area (Å²) >= 11 is 0. The Bertz CT molecular complexity index is 376. The standard InChI is InChI=1S/C11H15NO3/c1-6-3-4-8(7(2)5-6)10(13)9(12)11(14)15/h3-5,9-10,13H,12H2,1-2H3,(H,14,15). The van der Waals surface area contributed by atoms with Crippen molar-refractivity contribution < 1.29 is 15.0 Å². The summed E-state index contributed by atoms with van der Waals surface area (Å²) in [5, 5.41) is 18.4. The topological polar surface area (TPSA) is 83.5 Å². The van der Waals surface area contributed by atoms with Crippen LogP contribution in [0.2, 0.25) is 0 Å². The molecule has 0 fully saturated rings. The molecule has 4 heteroatoms. The first-order valence-electron chi connectivity index (χ1n) is 4.67. The lowest BCUT2D eigenvalue weighted by Crippen LogP contribution is -2.36. The first-order valence-corrected chi connectivity index (χ1v) is 4.67. The highest BCUT2D eigenvalue weighted by molar-refractivity contribution is 5.74. The molecule has 1 rings (SSSR count). The van der Waals surface area contributed by atoms with Gasteiger partial charge in [0, 0.05) is 0 Å². The van der Waals surface area contributed by atoms with Crippen molar-refractivity contribution in [2.75, 3.05) is 0 Å². The fourth-order valence-electron chi connectivity index (χ4n) is 1.49. The van der Waals surface area contributed by atoms with Crippen molar-refractivity contribution in [1.82, 2.24) is 0 Å². The van der Waals surface area contributed by atoms with Crippen molar-refractivity contribution in [3.05, 3.63) is 34.9 Å². The Morgan fingerprint density at radius 2 is 2.00 bits per heavy atom. The van der Waals surface area contributed by atoms with Gasteiger partial charge in [0.15, 0.2) is 0 Å². The highest BCUT2D eigenvalue weighted by Crippen LogP contribution is 2.20. The SMILES string of the molecule is Cc1ccc(C(O)C(N)C(=O)O)c(C)c1. The van der Waals surface area contributed by atoms with Crippen LogP contribution in [-0.4, -0.2) is 22.2 Å². The molecule has 1 aromatic rings. The van der Waals surface area contributed by atoms with E-state index in [0.717, 1.165) is 11.1 Å². The first-order chi connectivity index (χ1) is 6.93. The Morgan fingerprint density at radius 1 is 1.40 bits per heavy atom. The van der Waals surface area contributed by atoms with Crippen LogP contribution in [-0.2, 0) is 4.79 Å². The number of aliphatic hydroxyl groups is 1. The molecular weight excluding hydrogens is 194 g/mol. The average molecular weight is 209 g/mol. The molecule has 4 N–H and O–H groups in total. The van der Waals surface area contributed by atoms with Crippen molar-refractivity contribution in [2.45, 2.75) is 26.0 Å². The molecule has 4 nitrogen and oxygen atoms in total. The molecule has 15 heavy (non-hydrogen) atoms. The fraction of sp³-hybridized carbons (Fsp3) is 0.364. The van der Waals surface area contributed by atoms with Crippen LogP contribution in [0.15, 0.2) is 18.2 Å². The second-order valence-corrected chi connectivity index (χ2v) is 3.67. The Morgan fingerprint density at radius 3 is 2.47 bits per heavy atom. The molecule has 0 saturated heterocycles. The average Bonchev–Trinajstić information content (AvgIpc) is 2.15. The van der Waals surface area contributed by atoms with Gasteiger partial charge in [0.1, 0.15) is 12.1 Å². The maximum absolute atomic E-state index is 10.6. The molecule has 0 aliphatic heterocycles. The van der Waals surface area contributed by atoms with Crippen molar-refractivity contribution in [3.63, 3.8) is 0 Å². The van der Waals surface area contributed by atoms with Crippen LogP contribution in [0.5, 0.6) is 0 Å². The zero-order valence-electron chi connectivity index (χ0n) is 8.77. The molecule has 0 amide bonds. The number of aliphatic carboxylic acids is 1. The van der Waals surface area contributed by atoms with Gasteiger partial charge in [0.2, 0.25) is 0 Å². The summed E-state index contributed by atoms with van der Waals surface area (Å²) in [5.41, 5.74) is 7.82. The van der Waals surface area contributed by atoms with Crippen LogP contribution in [0.25, 0.3) is 0 Å². The molecule has 82 valence electrons. The Labute approximate surface area is 88.3 Å².